The van der Waals surface area contributed by atoms with E-state index in [-0.39, 0.29) is 0 Å². The Balaban J connectivity index is 1.86. The second kappa shape index (κ2) is 8.14. The molecule has 1 aliphatic rings. The first-order chi connectivity index (χ1) is 9.81. The maximum Gasteiger partial charge on any atom is 0.0873 e. The highest BCUT2D eigenvalue weighted by molar-refractivity contribution is 5.64. The number of ether oxygens (including phenoxy) is 1. The number of hydrogen-bond acceptors (Lipinski definition) is 1. The Morgan fingerprint density at radius 3 is 2.70 bits per heavy atom. The van der Waals surface area contributed by atoms with E-state index in [2.05, 4.69) is 32.0 Å². The van der Waals surface area contributed by atoms with Crippen LogP contribution in [0.1, 0.15) is 69.1 Å². The van der Waals surface area contributed by atoms with E-state index in [9.17, 15) is 0 Å². The lowest BCUT2D eigenvalue weighted by Crippen LogP contribution is -2.02. The molecule has 0 radical (unpaired) electrons. The smallest absolute Gasteiger partial charge is 0.0873 e. The van der Waals surface area contributed by atoms with Gasteiger partial charge in [-0.2, -0.15) is 0 Å². The summed E-state index contributed by atoms with van der Waals surface area (Å²) in [5.41, 5.74) is 5.66. The van der Waals surface area contributed by atoms with Crippen molar-refractivity contribution in [3.05, 3.63) is 41.2 Å². The van der Waals surface area contributed by atoms with Crippen molar-refractivity contribution >= 4 is 5.57 Å². The van der Waals surface area contributed by atoms with Crippen molar-refractivity contribution in [2.45, 2.75) is 65.2 Å². The van der Waals surface area contributed by atoms with Crippen LogP contribution in [-0.4, -0.2) is 6.61 Å². The zero-order chi connectivity index (χ0) is 14.2. The van der Waals surface area contributed by atoms with Crippen molar-refractivity contribution in [2.75, 3.05) is 6.61 Å². The fraction of sp³-hybridized carbons (Fsp3) is 0.579. The van der Waals surface area contributed by atoms with Gasteiger partial charge in [-0.3, -0.25) is 0 Å². The monoisotopic (exact) mass is 272 g/mol. The van der Waals surface area contributed by atoms with E-state index in [0.29, 0.717) is 0 Å². The van der Waals surface area contributed by atoms with Crippen molar-refractivity contribution in [3.63, 3.8) is 0 Å². The molecule has 0 saturated carbocycles. The topological polar surface area (TPSA) is 9.23 Å². The predicted octanol–water partition coefficient (Wildman–Crippen LogP) is 5.52. The molecule has 2 rings (SSSR count). The average molecular weight is 272 g/mol. The van der Waals surface area contributed by atoms with E-state index in [1.807, 2.05) is 6.26 Å². The molecule has 0 unspecified atom stereocenters. The molecule has 0 spiro atoms. The summed E-state index contributed by atoms with van der Waals surface area (Å²) >= 11 is 0. The maximum atomic E-state index is 5.68. The maximum absolute atomic E-state index is 5.68. The molecule has 1 aromatic rings. The van der Waals surface area contributed by atoms with Gasteiger partial charge >= 0.3 is 0 Å². The van der Waals surface area contributed by atoms with Crippen LogP contribution in [0.4, 0.5) is 0 Å². The van der Waals surface area contributed by atoms with Crippen LogP contribution in [0.15, 0.2) is 24.5 Å². The number of benzene rings is 1. The summed E-state index contributed by atoms with van der Waals surface area (Å²) in [6.07, 6.45) is 12.2. The zero-order valence-electron chi connectivity index (χ0n) is 13.1. The fourth-order valence-corrected chi connectivity index (χ4v) is 2.84. The Morgan fingerprint density at radius 2 is 1.90 bits per heavy atom. The Bertz CT molecular complexity index is 445. The van der Waals surface area contributed by atoms with Gasteiger partial charge < -0.3 is 4.74 Å². The van der Waals surface area contributed by atoms with Gasteiger partial charge in [-0.1, -0.05) is 44.4 Å². The zero-order valence-corrected chi connectivity index (χ0v) is 13.1. The Morgan fingerprint density at radius 1 is 1.10 bits per heavy atom. The minimum Gasteiger partial charge on any atom is -0.501 e. The Hall–Kier alpha value is -1.24. The van der Waals surface area contributed by atoms with Gasteiger partial charge in [-0.15, -0.1) is 0 Å². The molecule has 0 aromatic heterocycles. The molecule has 0 atom stereocenters. The highest BCUT2D eigenvalue weighted by Crippen LogP contribution is 2.25. The standard InChI is InChI=1S/C19H28O/c1-3-4-5-8-13-20-15-16(2)18-12-11-17-9-6-7-10-19(17)14-18/h11-12,14-15H,3-10,13H2,1-2H3. The number of allylic oxidation sites excluding steroid dienone is 1. The van der Waals surface area contributed by atoms with Gasteiger partial charge in [0, 0.05) is 0 Å². The molecular formula is C19H28O. The fourth-order valence-electron chi connectivity index (χ4n) is 2.84. The quantitative estimate of drug-likeness (QED) is 0.469. The van der Waals surface area contributed by atoms with E-state index in [1.165, 1.54) is 62.5 Å². The van der Waals surface area contributed by atoms with Crippen molar-refractivity contribution in [3.8, 4) is 0 Å². The summed E-state index contributed by atoms with van der Waals surface area (Å²) in [6, 6.07) is 6.92. The largest absolute Gasteiger partial charge is 0.501 e. The van der Waals surface area contributed by atoms with E-state index in [4.69, 9.17) is 4.74 Å². The second-order valence-electron chi connectivity index (χ2n) is 5.92. The normalized spacial score (nSPS) is 15.0. The molecule has 0 aliphatic heterocycles. The number of fused-ring (bicyclic) bond motifs is 1. The van der Waals surface area contributed by atoms with Gasteiger partial charge in [0.1, 0.15) is 0 Å². The average Bonchev–Trinajstić information content (AvgIpc) is 2.50. The molecule has 0 bridgehead atoms. The third-order valence-corrected chi connectivity index (χ3v) is 4.18. The van der Waals surface area contributed by atoms with Crippen LogP contribution in [0.2, 0.25) is 0 Å². The van der Waals surface area contributed by atoms with Gasteiger partial charge in [0.15, 0.2) is 0 Å². The Labute approximate surface area is 124 Å². The molecule has 0 amide bonds. The number of unbranched alkanes of at least 4 members (excludes halogenated alkanes) is 3. The first kappa shape index (κ1) is 15.2. The summed E-state index contributed by atoms with van der Waals surface area (Å²) in [5, 5.41) is 0. The highest BCUT2D eigenvalue weighted by atomic mass is 16.5. The molecule has 0 saturated heterocycles. The molecule has 1 aliphatic carbocycles. The van der Waals surface area contributed by atoms with Gasteiger partial charge in [0.05, 0.1) is 12.9 Å². The van der Waals surface area contributed by atoms with E-state index in [0.717, 1.165) is 6.61 Å². The summed E-state index contributed by atoms with van der Waals surface area (Å²) in [7, 11) is 0. The third kappa shape index (κ3) is 4.40. The van der Waals surface area contributed by atoms with Gasteiger partial charge in [0.2, 0.25) is 0 Å². The van der Waals surface area contributed by atoms with E-state index in [1.54, 1.807) is 11.1 Å². The van der Waals surface area contributed by atoms with Crippen molar-refractivity contribution in [2.24, 2.45) is 0 Å². The first-order valence-electron chi connectivity index (χ1n) is 8.22. The summed E-state index contributed by atoms with van der Waals surface area (Å²) in [4.78, 5) is 0. The lowest BCUT2D eigenvalue weighted by molar-refractivity contribution is 0.242. The van der Waals surface area contributed by atoms with Gasteiger partial charge in [-0.05, 0) is 61.3 Å². The third-order valence-electron chi connectivity index (χ3n) is 4.18. The van der Waals surface area contributed by atoms with Crippen LogP contribution >= 0.6 is 0 Å². The van der Waals surface area contributed by atoms with Gasteiger partial charge in [-0.25, -0.2) is 0 Å². The second-order valence-corrected chi connectivity index (χ2v) is 5.92. The molecule has 0 fully saturated rings. The number of aryl methyl sites for hydroxylation is 2. The number of rotatable bonds is 7. The van der Waals surface area contributed by atoms with E-state index >= 15 is 0 Å². The van der Waals surface area contributed by atoms with Gasteiger partial charge in [0.25, 0.3) is 0 Å². The van der Waals surface area contributed by atoms with Crippen LogP contribution in [0.3, 0.4) is 0 Å². The van der Waals surface area contributed by atoms with Crippen LogP contribution in [0, 0.1) is 0 Å². The van der Waals surface area contributed by atoms with E-state index < -0.39 is 0 Å². The summed E-state index contributed by atoms with van der Waals surface area (Å²) in [6.45, 7) is 5.24. The molecule has 0 heterocycles. The minimum absolute atomic E-state index is 0.849. The molecule has 1 nitrogen and oxygen atoms in total. The predicted molar refractivity (Wildman–Crippen MR) is 86.8 cm³/mol. The van der Waals surface area contributed by atoms with Crippen molar-refractivity contribution < 1.29 is 4.74 Å². The lowest BCUT2D eigenvalue weighted by Gasteiger charge is -2.16. The number of hydrogen-bond donors (Lipinski definition) is 0. The molecule has 1 heteroatoms. The SMILES string of the molecule is CCCCCCOC=C(C)c1ccc2c(c1)CCCC2. The molecule has 1 aromatic carbocycles. The summed E-state index contributed by atoms with van der Waals surface area (Å²) in [5.74, 6) is 0. The molecule has 20 heavy (non-hydrogen) atoms. The highest BCUT2D eigenvalue weighted by Gasteiger charge is 2.09. The molecule has 0 N–H and O–H groups in total. The molecular weight excluding hydrogens is 244 g/mol. The first-order valence-corrected chi connectivity index (χ1v) is 8.22. The van der Waals surface area contributed by atoms with Crippen LogP contribution in [0.25, 0.3) is 5.57 Å². The van der Waals surface area contributed by atoms with Crippen molar-refractivity contribution in [1.29, 1.82) is 0 Å². The minimum atomic E-state index is 0.849. The Kier molecular flexibility index (Phi) is 6.17. The summed E-state index contributed by atoms with van der Waals surface area (Å²) < 4.78 is 5.68. The van der Waals surface area contributed by atoms with Crippen molar-refractivity contribution in [1.82, 2.24) is 0 Å². The van der Waals surface area contributed by atoms with Crippen LogP contribution < -0.4 is 0 Å². The lowest BCUT2D eigenvalue weighted by atomic mass is 9.89. The van der Waals surface area contributed by atoms with Crippen LogP contribution in [-0.2, 0) is 17.6 Å². The van der Waals surface area contributed by atoms with Crippen LogP contribution in [0.5, 0.6) is 0 Å². The molecule has 110 valence electrons.